The normalized spacial score (nSPS) is 16.5. The molecular formula is C13H17BrN2. The van der Waals surface area contributed by atoms with Crippen LogP contribution in [-0.2, 0) is 4.32 Å². The van der Waals surface area contributed by atoms with Crippen molar-refractivity contribution < 1.29 is 0 Å². The van der Waals surface area contributed by atoms with Gasteiger partial charge in [0, 0.05) is 6.04 Å². The fraction of sp³-hybridized carbons (Fsp3) is 0.462. The highest BCUT2D eigenvalue weighted by atomic mass is 79.9. The number of nitrogens with zero attached hydrogens (tertiary/aromatic N) is 2. The Bertz CT molecular complexity index is 369. The Morgan fingerprint density at radius 2 is 1.94 bits per heavy atom. The lowest BCUT2D eigenvalue weighted by atomic mass is 9.93. The van der Waals surface area contributed by atoms with Gasteiger partial charge in [-0.1, -0.05) is 46.3 Å². The molecule has 0 fully saturated rings. The zero-order chi connectivity index (χ0) is 12.2. The van der Waals surface area contributed by atoms with Crippen molar-refractivity contribution in [1.29, 1.82) is 5.26 Å². The minimum absolute atomic E-state index is 0.347. The molecule has 1 rings (SSSR count). The van der Waals surface area contributed by atoms with E-state index in [1.165, 1.54) is 0 Å². The van der Waals surface area contributed by atoms with Crippen LogP contribution in [0.3, 0.4) is 0 Å². The van der Waals surface area contributed by atoms with Gasteiger partial charge in [-0.2, -0.15) is 5.26 Å². The van der Waals surface area contributed by atoms with E-state index in [0.29, 0.717) is 6.04 Å². The molecular weight excluding hydrogens is 264 g/mol. The first-order valence-corrected chi connectivity index (χ1v) is 6.11. The summed E-state index contributed by atoms with van der Waals surface area (Å²) in [5.41, 5.74) is 1.02. The average molecular weight is 281 g/mol. The molecule has 16 heavy (non-hydrogen) atoms. The zero-order valence-electron chi connectivity index (χ0n) is 9.94. The van der Waals surface area contributed by atoms with E-state index in [-0.39, 0.29) is 0 Å². The van der Waals surface area contributed by atoms with Gasteiger partial charge in [-0.15, -0.1) is 0 Å². The zero-order valence-corrected chi connectivity index (χ0v) is 11.5. The van der Waals surface area contributed by atoms with Gasteiger partial charge in [0.2, 0.25) is 0 Å². The first-order chi connectivity index (χ1) is 7.49. The highest BCUT2D eigenvalue weighted by Gasteiger charge is 2.31. The van der Waals surface area contributed by atoms with Gasteiger partial charge in [-0.05, 0) is 33.0 Å². The Morgan fingerprint density at radius 1 is 1.38 bits per heavy atom. The van der Waals surface area contributed by atoms with Gasteiger partial charge < -0.3 is 4.90 Å². The summed E-state index contributed by atoms with van der Waals surface area (Å²) in [6.07, 6.45) is 0.764. The second kappa shape index (κ2) is 5.47. The monoisotopic (exact) mass is 280 g/mol. The summed E-state index contributed by atoms with van der Waals surface area (Å²) in [4.78, 5) is 2.12. The van der Waals surface area contributed by atoms with Crippen LogP contribution in [0.1, 0.15) is 18.9 Å². The van der Waals surface area contributed by atoms with Crippen molar-refractivity contribution >= 4 is 15.9 Å². The third-order valence-electron chi connectivity index (χ3n) is 2.87. The SMILES string of the molecule is CC(CC(Br)(C#N)c1ccccc1)N(C)C. The molecule has 0 saturated heterocycles. The van der Waals surface area contributed by atoms with Gasteiger partial charge in [-0.3, -0.25) is 0 Å². The van der Waals surface area contributed by atoms with E-state index in [1.54, 1.807) is 0 Å². The molecule has 0 aliphatic rings. The Hall–Kier alpha value is -0.850. The number of halogens is 1. The predicted molar refractivity (Wildman–Crippen MR) is 70.4 cm³/mol. The summed E-state index contributed by atoms with van der Waals surface area (Å²) >= 11 is 3.57. The standard InChI is InChI=1S/C13H17BrN2/c1-11(16(2)3)9-13(14,10-15)12-7-5-4-6-8-12/h4-8,11H,9H2,1-3H3. The van der Waals surface area contributed by atoms with E-state index in [0.717, 1.165) is 12.0 Å². The molecule has 3 heteroatoms. The Labute approximate surface area is 106 Å². The molecule has 0 saturated carbocycles. The van der Waals surface area contributed by atoms with Crippen LogP contribution in [0.2, 0.25) is 0 Å². The maximum Gasteiger partial charge on any atom is 0.138 e. The average Bonchev–Trinajstić information content (AvgIpc) is 2.29. The van der Waals surface area contributed by atoms with Crippen LogP contribution < -0.4 is 0 Å². The van der Waals surface area contributed by atoms with Gasteiger partial charge in [0.05, 0.1) is 6.07 Å². The van der Waals surface area contributed by atoms with Crippen molar-refractivity contribution in [1.82, 2.24) is 4.90 Å². The van der Waals surface area contributed by atoms with Crippen molar-refractivity contribution in [2.75, 3.05) is 14.1 Å². The van der Waals surface area contributed by atoms with E-state index in [2.05, 4.69) is 33.8 Å². The molecule has 0 bridgehead atoms. The number of nitriles is 1. The molecule has 0 N–H and O–H groups in total. The Kier molecular flexibility index (Phi) is 4.52. The highest BCUT2D eigenvalue weighted by molar-refractivity contribution is 9.09. The van der Waals surface area contributed by atoms with E-state index in [1.807, 2.05) is 44.4 Å². The highest BCUT2D eigenvalue weighted by Crippen LogP contribution is 2.35. The second-order valence-electron chi connectivity index (χ2n) is 4.30. The molecule has 1 aromatic carbocycles. The molecule has 1 aromatic rings. The Morgan fingerprint density at radius 3 is 2.38 bits per heavy atom. The number of hydrogen-bond acceptors (Lipinski definition) is 2. The van der Waals surface area contributed by atoms with Crippen LogP contribution in [-0.4, -0.2) is 25.0 Å². The maximum atomic E-state index is 9.35. The minimum atomic E-state index is -0.585. The fourth-order valence-corrected chi connectivity index (χ4v) is 2.25. The summed E-state index contributed by atoms with van der Waals surface area (Å²) in [7, 11) is 4.06. The van der Waals surface area contributed by atoms with Crippen LogP contribution in [0.15, 0.2) is 30.3 Å². The molecule has 0 radical (unpaired) electrons. The van der Waals surface area contributed by atoms with Gasteiger partial charge in [0.25, 0.3) is 0 Å². The summed E-state index contributed by atoms with van der Waals surface area (Å²) < 4.78 is -0.585. The van der Waals surface area contributed by atoms with Crippen LogP contribution in [0.4, 0.5) is 0 Å². The quantitative estimate of drug-likeness (QED) is 0.793. The molecule has 2 atom stereocenters. The molecule has 0 aromatic heterocycles. The predicted octanol–water partition coefficient (Wildman–Crippen LogP) is 3.14. The summed E-state index contributed by atoms with van der Waals surface area (Å²) in [5.74, 6) is 0. The lowest BCUT2D eigenvalue weighted by Crippen LogP contribution is -2.31. The molecule has 86 valence electrons. The van der Waals surface area contributed by atoms with Crippen molar-refractivity contribution in [3.63, 3.8) is 0 Å². The minimum Gasteiger partial charge on any atom is -0.307 e. The topological polar surface area (TPSA) is 27.0 Å². The molecule has 0 heterocycles. The summed E-state index contributed by atoms with van der Waals surface area (Å²) in [6, 6.07) is 12.6. The smallest absolute Gasteiger partial charge is 0.138 e. The lowest BCUT2D eigenvalue weighted by molar-refractivity contribution is 0.288. The first-order valence-electron chi connectivity index (χ1n) is 5.32. The molecule has 0 spiro atoms. The van der Waals surface area contributed by atoms with E-state index in [4.69, 9.17) is 0 Å². The second-order valence-corrected chi connectivity index (χ2v) is 5.65. The third-order valence-corrected chi connectivity index (χ3v) is 3.83. The van der Waals surface area contributed by atoms with Crippen molar-refractivity contribution in [2.45, 2.75) is 23.7 Å². The largest absolute Gasteiger partial charge is 0.307 e. The van der Waals surface area contributed by atoms with Crippen molar-refractivity contribution in [2.24, 2.45) is 0 Å². The van der Waals surface area contributed by atoms with E-state index in [9.17, 15) is 5.26 Å². The van der Waals surface area contributed by atoms with E-state index < -0.39 is 4.32 Å². The summed E-state index contributed by atoms with van der Waals surface area (Å²) in [5, 5.41) is 9.35. The van der Waals surface area contributed by atoms with Crippen LogP contribution in [0, 0.1) is 11.3 Å². The van der Waals surface area contributed by atoms with E-state index >= 15 is 0 Å². The van der Waals surface area contributed by atoms with Gasteiger partial charge in [0.15, 0.2) is 0 Å². The van der Waals surface area contributed by atoms with Crippen LogP contribution in [0.5, 0.6) is 0 Å². The molecule has 2 nitrogen and oxygen atoms in total. The number of alkyl halides is 1. The molecule has 0 aliphatic heterocycles. The number of hydrogen-bond donors (Lipinski definition) is 0. The van der Waals surface area contributed by atoms with Crippen LogP contribution in [0.25, 0.3) is 0 Å². The lowest BCUT2D eigenvalue weighted by Gasteiger charge is -2.27. The summed E-state index contributed by atoms with van der Waals surface area (Å²) in [6.45, 7) is 2.12. The first kappa shape index (κ1) is 13.2. The fourth-order valence-electron chi connectivity index (χ4n) is 1.52. The maximum absolute atomic E-state index is 9.35. The van der Waals surface area contributed by atoms with Gasteiger partial charge >= 0.3 is 0 Å². The van der Waals surface area contributed by atoms with Gasteiger partial charge in [0.1, 0.15) is 4.32 Å². The molecule has 0 aliphatic carbocycles. The number of benzene rings is 1. The van der Waals surface area contributed by atoms with Crippen LogP contribution >= 0.6 is 15.9 Å². The molecule has 0 amide bonds. The Balaban J connectivity index is 2.92. The van der Waals surface area contributed by atoms with Gasteiger partial charge in [-0.25, -0.2) is 0 Å². The third kappa shape index (κ3) is 3.07. The molecule has 2 unspecified atom stereocenters. The van der Waals surface area contributed by atoms with Crippen molar-refractivity contribution in [3.8, 4) is 6.07 Å². The number of rotatable bonds is 4. The van der Waals surface area contributed by atoms with Crippen molar-refractivity contribution in [3.05, 3.63) is 35.9 Å².